The summed E-state index contributed by atoms with van der Waals surface area (Å²) in [4.78, 5) is 16.0. The third-order valence-electron chi connectivity index (χ3n) is 4.69. The van der Waals surface area contributed by atoms with Crippen LogP contribution < -0.4 is 10.2 Å². The minimum absolute atomic E-state index is 0.615. The second kappa shape index (κ2) is 6.61. The molecule has 0 radical (unpaired) electrons. The Kier molecular flexibility index (Phi) is 4.28. The van der Waals surface area contributed by atoms with Crippen LogP contribution in [0.1, 0.15) is 17.0 Å². The summed E-state index contributed by atoms with van der Waals surface area (Å²) >= 11 is 6.44. The van der Waals surface area contributed by atoms with Gasteiger partial charge >= 0.3 is 0 Å². The highest BCUT2D eigenvalue weighted by Gasteiger charge is 2.21. The van der Waals surface area contributed by atoms with Crippen LogP contribution in [0.4, 0.5) is 11.6 Å². The molecule has 7 heteroatoms. The van der Waals surface area contributed by atoms with Crippen LogP contribution in [0.2, 0.25) is 5.02 Å². The number of imidazole rings is 1. The Morgan fingerprint density at radius 1 is 1.12 bits per heavy atom. The van der Waals surface area contributed by atoms with Gasteiger partial charge < -0.3 is 14.8 Å². The zero-order valence-electron chi connectivity index (χ0n) is 15.1. The van der Waals surface area contributed by atoms with Crippen molar-refractivity contribution in [3.63, 3.8) is 0 Å². The number of nitrogens with one attached hydrogen (secondary N) is 1. The molecule has 0 saturated carbocycles. The Bertz CT molecular complexity index is 965. The summed E-state index contributed by atoms with van der Waals surface area (Å²) < 4.78 is 2.19. The second-order valence-electron chi connectivity index (χ2n) is 6.61. The molecule has 0 atom stereocenters. The van der Waals surface area contributed by atoms with Gasteiger partial charge in [-0.2, -0.15) is 0 Å². The Hall–Kier alpha value is -2.60. The van der Waals surface area contributed by atoms with E-state index >= 15 is 0 Å². The zero-order valence-corrected chi connectivity index (χ0v) is 15.9. The zero-order chi connectivity index (χ0) is 18.3. The van der Waals surface area contributed by atoms with E-state index in [0.29, 0.717) is 5.02 Å². The summed E-state index contributed by atoms with van der Waals surface area (Å²) in [7, 11) is 1.88. The number of hydrogen-bond acceptors (Lipinski definition) is 5. The van der Waals surface area contributed by atoms with Gasteiger partial charge in [0.1, 0.15) is 17.5 Å². The highest BCUT2D eigenvalue weighted by Crippen LogP contribution is 2.32. The van der Waals surface area contributed by atoms with Gasteiger partial charge in [0.25, 0.3) is 0 Å². The highest BCUT2D eigenvalue weighted by molar-refractivity contribution is 6.33. The van der Waals surface area contributed by atoms with E-state index in [1.807, 2.05) is 32.4 Å². The molecule has 0 saturated heterocycles. The van der Waals surface area contributed by atoms with Crippen molar-refractivity contribution in [3.8, 4) is 11.3 Å². The molecule has 0 unspecified atom stereocenters. The number of rotatable bonds is 3. The molecule has 1 N–H and O–H groups in total. The molecular formula is C19H21ClN6. The van der Waals surface area contributed by atoms with Crippen molar-refractivity contribution >= 4 is 23.2 Å². The van der Waals surface area contributed by atoms with Gasteiger partial charge in [-0.3, -0.25) is 4.98 Å². The van der Waals surface area contributed by atoms with Crippen molar-refractivity contribution in [1.29, 1.82) is 0 Å². The predicted molar refractivity (Wildman–Crippen MR) is 105 cm³/mol. The van der Waals surface area contributed by atoms with Crippen LogP contribution in [-0.4, -0.2) is 33.1 Å². The van der Waals surface area contributed by atoms with E-state index in [1.165, 1.54) is 0 Å². The Morgan fingerprint density at radius 2 is 1.96 bits per heavy atom. The molecule has 3 aromatic heterocycles. The standard InChI is InChI=1S/C19H21ClN6/c1-12-6-13(2)19(23-8-12)14-7-17(22-9-15(14)20)26-5-4-25-10-16(21-3)24-18(25)11-26/h6-10,21H,4-5,11H2,1-3H3. The molecule has 26 heavy (non-hydrogen) atoms. The first kappa shape index (κ1) is 16.8. The van der Waals surface area contributed by atoms with E-state index in [1.54, 1.807) is 6.20 Å². The van der Waals surface area contributed by atoms with Crippen molar-refractivity contribution in [1.82, 2.24) is 19.5 Å². The smallest absolute Gasteiger partial charge is 0.144 e. The maximum Gasteiger partial charge on any atom is 0.144 e. The number of anilines is 2. The summed E-state index contributed by atoms with van der Waals surface area (Å²) in [6, 6.07) is 4.15. The monoisotopic (exact) mass is 368 g/mol. The minimum Gasteiger partial charge on any atom is -0.372 e. The van der Waals surface area contributed by atoms with Crippen molar-refractivity contribution < 1.29 is 0 Å². The number of hydrogen-bond donors (Lipinski definition) is 1. The fraction of sp³-hybridized carbons (Fsp3) is 0.316. The Balaban J connectivity index is 1.68. The number of aryl methyl sites for hydroxylation is 2. The quantitative estimate of drug-likeness (QED) is 0.764. The van der Waals surface area contributed by atoms with Crippen molar-refractivity contribution in [2.24, 2.45) is 0 Å². The maximum absolute atomic E-state index is 6.44. The lowest BCUT2D eigenvalue weighted by Gasteiger charge is -2.28. The number of nitrogens with zero attached hydrogens (tertiary/aromatic N) is 5. The fourth-order valence-electron chi connectivity index (χ4n) is 3.35. The average molecular weight is 369 g/mol. The van der Waals surface area contributed by atoms with Gasteiger partial charge in [-0.05, 0) is 31.0 Å². The number of aromatic nitrogens is 4. The van der Waals surface area contributed by atoms with E-state index in [-0.39, 0.29) is 0 Å². The molecule has 0 bridgehead atoms. The molecule has 4 rings (SSSR count). The van der Waals surface area contributed by atoms with Crippen LogP contribution in [0.3, 0.4) is 0 Å². The number of fused-ring (bicyclic) bond motifs is 1. The molecular weight excluding hydrogens is 348 g/mol. The molecule has 4 heterocycles. The molecule has 0 spiro atoms. The van der Waals surface area contributed by atoms with E-state index in [2.05, 4.69) is 42.7 Å². The fourth-order valence-corrected chi connectivity index (χ4v) is 3.54. The van der Waals surface area contributed by atoms with E-state index in [9.17, 15) is 0 Å². The summed E-state index contributed by atoms with van der Waals surface area (Å²) in [5, 5.41) is 3.71. The average Bonchev–Trinajstić information content (AvgIpc) is 3.05. The van der Waals surface area contributed by atoms with Crippen LogP contribution in [0, 0.1) is 13.8 Å². The van der Waals surface area contributed by atoms with Crippen molar-refractivity contribution in [3.05, 3.63) is 52.7 Å². The SMILES string of the molecule is CNc1cn2c(n1)CN(c1cc(-c3ncc(C)cc3C)c(Cl)cn1)CC2. The highest BCUT2D eigenvalue weighted by atomic mass is 35.5. The van der Waals surface area contributed by atoms with Gasteiger partial charge in [0.2, 0.25) is 0 Å². The maximum atomic E-state index is 6.44. The van der Waals surface area contributed by atoms with Crippen molar-refractivity contribution in [2.45, 2.75) is 26.9 Å². The van der Waals surface area contributed by atoms with Crippen LogP contribution in [0.5, 0.6) is 0 Å². The molecule has 1 aliphatic heterocycles. The molecule has 3 aromatic rings. The minimum atomic E-state index is 0.615. The van der Waals surface area contributed by atoms with Crippen LogP contribution in [0.25, 0.3) is 11.3 Å². The topological polar surface area (TPSA) is 58.9 Å². The lowest BCUT2D eigenvalue weighted by molar-refractivity contribution is 0.556. The first-order chi connectivity index (χ1) is 12.5. The Morgan fingerprint density at radius 3 is 2.73 bits per heavy atom. The number of pyridine rings is 2. The summed E-state index contributed by atoms with van der Waals surface area (Å²) in [6.07, 6.45) is 5.63. The lowest BCUT2D eigenvalue weighted by atomic mass is 10.1. The van der Waals surface area contributed by atoms with Gasteiger partial charge in [0.15, 0.2) is 0 Å². The molecule has 6 nitrogen and oxygen atoms in total. The largest absolute Gasteiger partial charge is 0.372 e. The van der Waals surface area contributed by atoms with Crippen LogP contribution >= 0.6 is 11.6 Å². The van der Waals surface area contributed by atoms with E-state index in [0.717, 1.165) is 59.5 Å². The van der Waals surface area contributed by atoms with E-state index < -0.39 is 0 Å². The summed E-state index contributed by atoms with van der Waals surface area (Å²) in [6.45, 7) is 6.57. The second-order valence-corrected chi connectivity index (χ2v) is 7.02. The first-order valence-corrected chi connectivity index (χ1v) is 9.01. The van der Waals surface area contributed by atoms with Gasteiger partial charge in [0, 0.05) is 44.3 Å². The van der Waals surface area contributed by atoms with Gasteiger partial charge in [0.05, 0.1) is 17.3 Å². The predicted octanol–water partition coefficient (Wildman–Crippen LogP) is 3.67. The molecule has 134 valence electrons. The third kappa shape index (κ3) is 3.01. The number of halogens is 1. The first-order valence-electron chi connectivity index (χ1n) is 8.63. The third-order valence-corrected chi connectivity index (χ3v) is 4.99. The molecule has 0 aliphatic carbocycles. The lowest BCUT2D eigenvalue weighted by Crippen LogP contribution is -2.34. The van der Waals surface area contributed by atoms with Gasteiger partial charge in [-0.1, -0.05) is 17.7 Å². The van der Waals surface area contributed by atoms with Gasteiger partial charge in [-0.25, -0.2) is 9.97 Å². The van der Waals surface area contributed by atoms with E-state index in [4.69, 9.17) is 11.6 Å². The summed E-state index contributed by atoms with van der Waals surface area (Å²) in [5.74, 6) is 2.82. The molecule has 0 aromatic carbocycles. The van der Waals surface area contributed by atoms with Crippen LogP contribution in [0.15, 0.2) is 30.7 Å². The summed E-state index contributed by atoms with van der Waals surface area (Å²) in [5.41, 5.74) is 4.07. The van der Waals surface area contributed by atoms with Crippen molar-refractivity contribution in [2.75, 3.05) is 23.8 Å². The van der Waals surface area contributed by atoms with Crippen LogP contribution in [-0.2, 0) is 13.1 Å². The molecule has 0 fully saturated rings. The normalized spacial score (nSPS) is 13.6. The Labute approximate surface area is 157 Å². The molecule has 0 amide bonds. The molecule has 1 aliphatic rings. The van der Waals surface area contributed by atoms with Gasteiger partial charge in [-0.15, -0.1) is 0 Å².